The van der Waals surface area contributed by atoms with Gasteiger partial charge in [0.05, 0.1) is 0 Å². The van der Waals surface area contributed by atoms with E-state index in [1.54, 1.807) is 0 Å². The van der Waals surface area contributed by atoms with E-state index in [2.05, 4.69) is 33.8 Å². The topological polar surface area (TPSA) is 46.3 Å². The molecule has 0 aromatic heterocycles. The molecule has 0 saturated carbocycles. The van der Waals surface area contributed by atoms with Crippen molar-refractivity contribution in [2.75, 3.05) is 19.6 Å². The highest BCUT2D eigenvalue weighted by Gasteiger charge is 2.23. The fourth-order valence-corrected chi connectivity index (χ4v) is 2.85. The number of amides is 1. The van der Waals surface area contributed by atoms with Crippen LogP contribution in [-0.4, -0.2) is 30.4 Å². The van der Waals surface area contributed by atoms with Gasteiger partial charge in [0.15, 0.2) is 0 Å². The van der Waals surface area contributed by atoms with Crippen LogP contribution in [0.2, 0.25) is 0 Å². The average Bonchev–Trinajstić information content (AvgIpc) is 2.42. The lowest BCUT2D eigenvalue weighted by molar-refractivity contribution is -0.131. The maximum Gasteiger partial charge on any atom is 0.222 e. The largest absolute Gasteiger partial charge is 0.339 e. The molecule has 0 aromatic carbocycles. The molecule has 0 aliphatic carbocycles. The zero-order valence-electron chi connectivity index (χ0n) is 13.7. The van der Waals surface area contributed by atoms with Gasteiger partial charge in [0.1, 0.15) is 0 Å². The van der Waals surface area contributed by atoms with Crippen molar-refractivity contribution < 1.29 is 4.79 Å². The van der Waals surface area contributed by atoms with Gasteiger partial charge in [-0.25, -0.2) is 0 Å². The zero-order chi connectivity index (χ0) is 15.2. The Morgan fingerprint density at radius 2 is 2.10 bits per heavy atom. The Kier molecular flexibility index (Phi) is 6.74. The first-order chi connectivity index (χ1) is 9.38. The summed E-state index contributed by atoms with van der Waals surface area (Å²) in [6.45, 7) is 11.3. The molecule has 0 aromatic rings. The van der Waals surface area contributed by atoms with Crippen LogP contribution in [0.5, 0.6) is 0 Å². The Hall–Kier alpha value is -0.830. The third kappa shape index (κ3) is 5.28. The number of rotatable bonds is 6. The number of carbonyl (C=O) groups is 1. The molecule has 0 saturated heterocycles. The highest BCUT2D eigenvalue weighted by Crippen LogP contribution is 2.30. The van der Waals surface area contributed by atoms with Crippen LogP contribution in [0.15, 0.2) is 11.6 Å². The first-order valence-electron chi connectivity index (χ1n) is 8.05. The molecule has 1 unspecified atom stereocenters. The predicted octanol–water partition coefficient (Wildman–Crippen LogP) is 3.35. The van der Waals surface area contributed by atoms with Gasteiger partial charge >= 0.3 is 0 Å². The highest BCUT2D eigenvalue weighted by molar-refractivity contribution is 5.76. The SMILES string of the molecule is CCC(CCN)CCC(=O)N1CC=C(C(C)(C)C)CC1. The molecule has 1 rings (SSSR count). The lowest BCUT2D eigenvalue weighted by Gasteiger charge is -2.32. The van der Waals surface area contributed by atoms with E-state index in [1.165, 1.54) is 5.57 Å². The summed E-state index contributed by atoms with van der Waals surface area (Å²) in [5, 5.41) is 0. The van der Waals surface area contributed by atoms with Gasteiger partial charge in [-0.2, -0.15) is 0 Å². The molecular formula is C17H32N2O. The molecule has 1 atom stereocenters. The van der Waals surface area contributed by atoms with Crippen LogP contribution in [0.1, 0.15) is 59.8 Å². The van der Waals surface area contributed by atoms with Crippen molar-refractivity contribution in [1.29, 1.82) is 0 Å². The van der Waals surface area contributed by atoms with E-state index < -0.39 is 0 Å². The molecule has 2 N–H and O–H groups in total. The van der Waals surface area contributed by atoms with E-state index >= 15 is 0 Å². The molecule has 1 amide bonds. The maximum atomic E-state index is 12.2. The van der Waals surface area contributed by atoms with Crippen LogP contribution >= 0.6 is 0 Å². The van der Waals surface area contributed by atoms with Crippen molar-refractivity contribution in [3.63, 3.8) is 0 Å². The Balaban J connectivity index is 2.41. The van der Waals surface area contributed by atoms with Crippen molar-refractivity contribution in [1.82, 2.24) is 4.90 Å². The van der Waals surface area contributed by atoms with E-state index in [1.807, 2.05) is 4.90 Å². The Labute approximate surface area is 124 Å². The molecule has 1 aliphatic rings. The number of nitrogens with two attached hydrogens (primary N) is 1. The van der Waals surface area contributed by atoms with Gasteiger partial charge in [0, 0.05) is 19.5 Å². The zero-order valence-corrected chi connectivity index (χ0v) is 13.7. The Bertz CT molecular complexity index is 341. The molecule has 3 heteroatoms. The predicted molar refractivity (Wildman–Crippen MR) is 85.4 cm³/mol. The van der Waals surface area contributed by atoms with Crippen molar-refractivity contribution in [3.8, 4) is 0 Å². The normalized spacial score (nSPS) is 17.9. The van der Waals surface area contributed by atoms with E-state index in [-0.39, 0.29) is 5.41 Å². The minimum atomic E-state index is 0.240. The summed E-state index contributed by atoms with van der Waals surface area (Å²) < 4.78 is 0. The second kappa shape index (κ2) is 7.82. The van der Waals surface area contributed by atoms with Gasteiger partial charge in [-0.1, -0.05) is 45.8 Å². The first kappa shape index (κ1) is 17.2. The monoisotopic (exact) mass is 280 g/mol. The summed E-state index contributed by atoms with van der Waals surface area (Å²) in [6.07, 6.45) is 7.10. The Morgan fingerprint density at radius 3 is 2.55 bits per heavy atom. The van der Waals surface area contributed by atoms with Crippen LogP contribution in [0, 0.1) is 11.3 Å². The first-order valence-corrected chi connectivity index (χ1v) is 8.05. The van der Waals surface area contributed by atoms with E-state index in [0.717, 1.165) is 45.3 Å². The molecule has 3 nitrogen and oxygen atoms in total. The van der Waals surface area contributed by atoms with Crippen LogP contribution in [0.4, 0.5) is 0 Å². The second-order valence-corrected chi connectivity index (χ2v) is 6.96. The molecule has 0 bridgehead atoms. The van der Waals surface area contributed by atoms with Crippen LogP contribution in [0.3, 0.4) is 0 Å². The summed E-state index contributed by atoms with van der Waals surface area (Å²) >= 11 is 0. The van der Waals surface area contributed by atoms with E-state index in [0.29, 0.717) is 18.2 Å². The summed E-state index contributed by atoms with van der Waals surface area (Å²) in [5.74, 6) is 0.916. The van der Waals surface area contributed by atoms with Crippen molar-refractivity contribution in [2.24, 2.45) is 17.1 Å². The van der Waals surface area contributed by atoms with Crippen LogP contribution in [0.25, 0.3) is 0 Å². The van der Waals surface area contributed by atoms with E-state index in [9.17, 15) is 4.79 Å². The molecule has 0 fully saturated rings. The summed E-state index contributed by atoms with van der Waals surface area (Å²) in [5.41, 5.74) is 7.33. The molecule has 1 heterocycles. The van der Waals surface area contributed by atoms with Crippen molar-refractivity contribution in [3.05, 3.63) is 11.6 Å². The van der Waals surface area contributed by atoms with Gasteiger partial charge in [-0.15, -0.1) is 0 Å². The molecular weight excluding hydrogens is 248 g/mol. The van der Waals surface area contributed by atoms with Gasteiger partial charge < -0.3 is 10.6 Å². The van der Waals surface area contributed by atoms with Crippen molar-refractivity contribution in [2.45, 2.75) is 59.8 Å². The summed E-state index contributed by atoms with van der Waals surface area (Å²) in [4.78, 5) is 14.2. The fraction of sp³-hybridized carbons (Fsp3) is 0.824. The van der Waals surface area contributed by atoms with Gasteiger partial charge in [0.2, 0.25) is 5.91 Å². The number of nitrogens with zero attached hydrogens (tertiary/aromatic N) is 1. The lowest BCUT2D eigenvalue weighted by atomic mass is 9.83. The van der Waals surface area contributed by atoms with Gasteiger partial charge in [-0.05, 0) is 37.1 Å². The quantitative estimate of drug-likeness (QED) is 0.758. The fourth-order valence-electron chi connectivity index (χ4n) is 2.85. The standard InChI is InChI=1S/C17H32N2O/c1-5-14(8-11-18)6-7-16(20)19-12-9-15(10-13-19)17(2,3)4/h9,14H,5-8,10-13,18H2,1-4H3. The third-order valence-corrected chi connectivity index (χ3v) is 4.44. The number of hydrogen-bond acceptors (Lipinski definition) is 2. The van der Waals surface area contributed by atoms with Gasteiger partial charge in [-0.3, -0.25) is 4.79 Å². The average molecular weight is 280 g/mol. The third-order valence-electron chi connectivity index (χ3n) is 4.44. The smallest absolute Gasteiger partial charge is 0.222 e. The molecule has 20 heavy (non-hydrogen) atoms. The number of carbonyl (C=O) groups excluding carboxylic acids is 1. The lowest BCUT2D eigenvalue weighted by Crippen LogP contribution is -2.36. The molecule has 1 aliphatic heterocycles. The summed E-state index contributed by atoms with van der Waals surface area (Å²) in [7, 11) is 0. The molecule has 0 radical (unpaired) electrons. The summed E-state index contributed by atoms with van der Waals surface area (Å²) in [6, 6.07) is 0. The van der Waals surface area contributed by atoms with E-state index in [4.69, 9.17) is 5.73 Å². The van der Waals surface area contributed by atoms with Crippen LogP contribution < -0.4 is 5.73 Å². The molecule has 0 spiro atoms. The molecule has 116 valence electrons. The van der Waals surface area contributed by atoms with Gasteiger partial charge in [0.25, 0.3) is 0 Å². The second-order valence-electron chi connectivity index (χ2n) is 6.96. The van der Waals surface area contributed by atoms with Crippen LogP contribution in [-0.2, 0) is 4.79 Å². The van der Waals surface area contributed by atoms with Crippen molar-refractivity contribution >= 4 is 5.91 Å². The Morgan fingerprint density at radius 1 is 1.40 bits per heavy atom. The number of hydrogen-bond donors (Lipinski definition) is 1. The maximum absolute atomic E-state index is 12.2. The minimum absolute atomic E-state index is 0.240. The highest BCUT2D eigenvalue weighted by atomic mass is 16.2. The minimum Gasteiger partial charge on any atom is -0.339 e.